The van der Waals surface area contributed by atoms with Gasteiger partial charge in [-0.15, -0.1) is 23.5 Å². The number of hydrogen-bond acceptors (Lipinski definition) is 6. The van der Waals surface area contributed by atoms with Gasteiger partial charge in [-0.1, -0.05) is 13.8 Å². The summed E-state index contributed by atoms with van der Waals surface area (Å²) in [5.74, 6) is 1.40. The predicted octanol–water partition coefficient (Wildman–Crippen LogP) is 2.66. The first-order valence-corrected chi connectivity index (χ1v) is 9.10. The molecule has 0 spiro atoms. The molecule has 4 nitrogen and oxygen atoms in total. The molecule has 0 aliphatic rings. The molecule has 0 aromatic heterocycles. The Morgan fingerprint density at radius 2 is 1.65 bits per heavy atom. The van der Waals surface area contributed by atoms with Crippen LogP contribution in [0, 0.1) is 0 Å². The molecule has 0 amide bonds. The van der Waals surface area contributed by atoms with Gasteiger partial charge in [0.2, 0.25) is 0 Å². The molecule has 6 heteroatoms. The first-order valence-electron chi connectivity index (χ1n) is 7.00. The van der Waals surface area contributed by atoms with Crippen molar-refractivity contribution in [1.29, 1.82) is 0 Å². The van der Waals surface area contributed by atoms with E-state index in [1.54, 1.807) is 44.3 Å². The first kappa shape index (κ1) is 20.1. The smallest absolute Gasteiger partial charge is 0.308 e. The molecule has 1 unspecified atom stereocenters. The Bertz CT molecular complexity index is 273. The number of rotatable bonds is 9. The minimum atomic E-state index is -0.864. The number of hydrogen-bond donors (Lipinski definition) is 2. The summed E-state index contributed by atoms with van der Waals surface area (Å²) in [6, 6.07) is 0. The van der Waals surface area contributed by atoms with Crippen LogP contribution in [0.5, 0.6) is 0 Å². The predicted molar refractivity (Wildman–Crippen MR) is 87.1 cm³/mol. The summed E-state index contributed by atoms with van der Waals surface area (Å²) < 4.78 is 5.19. The number of thioether (sulfide) groups is 2. The van der Waals surface area contributed by atoms with Gasteiger partial charge >= 0.3 is 5.97 Å². The van der Waals surface area contributed by atoms with Crippen LogP contribution in [0.15, 0.2) is 0 Å². The zero-order valence-electron chi connectivity index (χ0n) is 13.1. The lowest BCUT2D eigenvalue weighted by Gasteiger charge is -2.24. The minimum Gasteiger partial charge on any atom is -0.460 e. The topological polar surface area (TPSA) is 66.8 Å². The molecule has 0 bridgehead atoms. The number of carbonyl (C=O) groups is 1. The third-order valence-electron chi connectivity index (χ3n) is 2.31. The molecule has 0 aliphatic heterocycles. The maximum absolute atomic E-state index is 11.6. The molecule has 0 heterocycles. The van der Waals surface area contributed by atoms with E-state index in [-0.39, 0.29) is 17.4 Å². The fourth-order valence-corrected chi connectivity index (χ4v) is 4.17. The zero-order valence-corrected chi connectivity index (χ0v) is 14.7. The van der Waals surface area contributed by atoms with E-state index < -0.39 is 23.8 Å². The lowest BCUT2D eigenvalue weighted by molar-refractivity contribution is -0.157. The van der Waals surface area contributed by atoms with Crippen molar-refractivity contribution in [2.24, 2.45) is 0 Å². The Morgan fingerprint density at radius 1 is 1.15 bits per heavy atom. The third kappa shape index (κ3) is 9.91. The van der Waals surface area contributed by atoms with Crippen LogP contribution in [-0.2, 0) is 9.53 Å². The van der Waals surface area contributed by atoms with Crippen LogP contribution in [0.1, 0.15) is 47.5 Å². The second-order valence-corrected chi connectivity index (χ2v) is 8.66. The van der Waals surface area contributed by atoms with Gasteiger partial charge in [0.05, 0.1) is 23.2 Å². The summed E-state index contributed by atoms with van der Waals surface area (Å²) in [5, 5.41) is 20.0. The molecule has 0 saturated carbocycles. The van der Waals surface area contributed by atoms with Crippen LogP contribution in [-0.4, -0.2) is 50.1 Å². The first-order chi connectivity index (χ1) is 9.19. The fraction of sp³-hybridized carbons (Fsp3) is 0.929. The molecule has 0 aliphatic carbocycles. The van der Waals surface area contributed by atoms with Gasteiger partial charge in [-0.3, -0.25) is 4.79 Å². The van der Waals surface area contributed by atoms with Crippen molar-refractivity contribution in [1.82, 2.24) is 0 Å². The van der Waals surface area contributed by atoms with Crippen LogP contribution in [0.25, 0.3) is 0 Å². The Balaban J connectivity index is 4.22. The molecule has 0 radical (unpaired) electrons. The standard InChI is InChI=1S/C14H28O4S2/c1-6-19-13(20-7-2)11(16)8-10(15)9-12(17)18-14(3,4)5/h10-11,13,15-16H,6-9H2,1-5H3/t10-,11?/m0/s1. The molecule has 0 fully saturated rings. The average molecular weight is 325 g/mol. The highest BCUT2D eigenvalue weighted by molar-refractivity contribution is 8.17. The van der Waals surface area contributed by atoms with Crippen molar-refractivity contribution in [2.75, 3.05) is 11.5 Å². The second-order valence-electron chi connectivity index (χ2n) is 5.53. The summed E-state index contributed by atoms with van der Waals surface area (Å²) in [6.45, 7) is 9.45. The Kier molecular flexibility index (Phi) is 9.97. The highest BCUT2D eigenvalue weighted by atomic mass is 32.2. The van der Waals surface area contributed by atoms with E-state index in [1.807, 2.05) is 13.8 Å². The fourth-order valence-electron chi connectivity index (χ4n) is 1.65. The monoisotopic (exact) mass is 324 g/mol. The molecular weight excluding hydrogens is 296 g/mol. The number of aliphatic hydroxyl groups is 2. The lowest BCUT2D eigenvalue weighted by Crippen LogP contribution is -2.30. The molecule has 20 heavy (non-hydrogen) atoms. The van der Waals surface area contributed by atoms with Crippen molar-refractivity contribution < 1.29 is 19.7 Å². The summed E-state index contributed by atoms with van der Waals surface area (Å²) in [4.78, 5) is 11.6. The summed E-state index contributed by atoms with van der Waals surface area (Å²) in [7, 11) is 0. The molecule has 0 rings (SSSR count). The molecule has 0 saturated heterocycles. The van der Waals surface area contributed by atoms with E-state index in [4.69, 9.17) is 4.74 Å². The maximum Gasteiger partial charge on any atom is 0.308 e. The van der Waals surface area contributed by atoms with E-state index in [1.165, 1.54) is 0 Å². The zero-order chi connectivity index (χ0) is 15.8. The van der Waals surface area contributed by atoms with Crippen LogP contribution in [0.4, 0.5) is 0 Å². The van der Waals surface area contributed by atoms with E-state index >= 15 is 0 Å². The van der Waals surface area contributed by atoms with Gasteiger partial charge in [0.1, 0.15) is 5.60 Å². The third-order valence-corrected chi connectivity index (χ3v) is 5.08. The van der Waals surface area contributed by atoms with E-state index in [2.05, 4.69) is 0 Å². The number of carbonyl (C=O) groups excluding carboxylic acids is 1. The van der Waals surface area contributed by atoms with Crippen LogP contribution >= 0.6 is 23.5 Å². The second kappa shape index (κ2) is 9.92. The quantitative estimate of drug-likeness (QED) is 0.502. The maximum atomic E-state index is 11.6. The molecular formula is C14H28O4S2. The van der Waals surface area contributed by atoms with E-state index in [9.17, 15) is 15.0 Å². The van der Waals surface area contributed by atoms with Gasteiger partial charge < -0.3 is 14.9 Å². The van der Waals surface area contributed by atoms with Crippen molar-refractivity contribution in [3.05, 3.63) is 0 Å². The minimum absolute atomic E-state index is 0.0401. The molecule has 2 N–H and O–H groups in total. The van der Waals surface area contributed by atoms with Gasteiger partial charge in [0.25, 0.3) is 0 Å². The summed E-state index contributed by atoms with van der Waals surface area (Å²) in [6.07, 6.45) is -1.36. The van der Waals surface area contributed by atoms with Crippen molar-refractivity contribution in [3.8, 4) is 0 Å². The van der Waals surface area contributed by atoms with Crippen molar-refractivity contribution in [3.63, 3.8) is 0 Å². The van der Waals surface area contributed by atoms with Gasteiger partial charge in [0, 0.05) is 6.42 Å². The molecule has 0 aromatic rings. The van der Waals surface area contributed by atoms with Crippen LogP contribution < -0.4 is 0 Å². The molecule has 120 valence electrons. The largest absolute Gasteiger partial charge is 0.460 e. The summed E-state index contributed by atoms with van der Waals surface area (Å²) in [5.41, 5.74) is -0.548. The van der Waals surface area contributed by atoms with Crippen LogP contribution in [0.2, 0.25) is 0 Å². The number of esters is 1. The highest BCUT2D eigenvalue weighted by Gasteiger charge is 2.25. The Morgan fingerprint density at radius 3 is 2.05 bits per heavy atom. The van der Waals surface area contributed by atoms with Gasteiger partial charge in [-0.05, 0) is 32.3 Å². The SMILES string of the molecule is CCSC(SCC)C(O)C[C@H](O)CC(=O)OC(C)(C)C. The Hall–Kier alpha value is 0.0900. The van der Waals surface area contributed by atoms with Crippen molar-refractivity contribution >= 4 is 29.5 Å². The normalized spacial score (nSPS) is 15.2. The number of ether oxygens (including phenoxy) is 1. The van der Waals surface area contributed by atoms with Crippen LogP contribution in [0.3, 0.4) is 0 Å². The lowest BCUT2D eigenvalue weighted by atomic mass is 10.1. The Labute approximate surface area is 131 Å². The average Bonchev–Trinajstić information content (AvgIpc) is 2.25. The van der Waals surface area contributed by atoms with E-state index in [0.717, 1.165) is 11.5 Å². The number of aliphatic hydroxyl groups excluding tert-OH is 2. The molecule has 2 atom stereocenters. The molecule has 0 aromatic carbocycles. The van der Waals surface area contributed by atoms with Crippen molar-refractivity contribution in [2.45, 2.75) is 69.9 Å². The van der Waals surface area contributed by atoms with E-state index in [0.29, 0.717) is 0 Å². The van der Waals surface area contributed by atoms with Gasteiger partial charge in [-0.25, -0.2) is 0 Å². The summed E-state index contributed by atoms with van der Waals surface area (Å²) >= 11 is 3.33. The van der Waals surface area contributed by atoms with Gasteiger partial charge in [-0.2, -0.15) is 0 Å². The highest BCUT2D eigenvalue weighted by Crippen LogP contribution is 2.29. The van der Waals surface area contributed by atoms with Gasteiger partial charge in [0.15, 0.2) is 0 Å².